The van der Waals surface area contributed by atoms with Gasteiger partial charge < -0.3 is 16.0 Å². The van der Waals surface area contributed by atoms with E-state index >= 15 is 0 Å². The molecule has 38 heavy (non-hydrogen) atoms. The third kappa shape index (κ3) is 5.62. The number of nitriles is 1. The molecule has 4 rings (SSSR count). The molecule has 1 amide bonds. The number of aromatic nitrogens is 3. The summed E-state index contributed by atoms with van der Waals surface area (Å²) in [7, 11) is 0. The summed E-state index contributed by atoms with van der Waals surface area (Å²) in [5.41, 5.74) is 3.47. The van der Waals surface area contributed by atoms with Gasteiger partial charge in [0, 0.05) is 50.2 Å². The molecular weight excluding hydrogens is 506 g/mol. The van der Waals surface area contributed by atoms with E-state index in [1.54, 1.807) is 10.9 Å². The lowest BCUT2D eigenvalue weighted by atomic mass is 9.83. The minimum atomic E-state index is -4.99. The highest BCUT2D eigenvalue weighted by molar-refractivity contribution is 5.94. The van der Waals surface area contributed by atoms with E-state index in [9.17, 15) is 27.6 Å². The van der Waals surface area contributed by atoms with Gasteiger partial charge in [-0.3, -0.25) is 19.4 Å². The van der Waals surface area contributed by atoms with Crippen LogP contribution in [0.2, 0.25) is 0 Å². The predicted octanol–water partition coefficient (Wildman–Crippen LogP) is 2.21. The number of likely N-dealkylation sites (tertiary alicyclic amines) is 2. The maximum absolute atomic E-state index is 14.4. The predicted molar refractivity (Wildman–Crippen MR) is 129 cm³/mol. The van der Waals surface area contributed by atoms with E-state index in [-0.39, 0.29) is 31.4 Å². The Bertz CT molecular complexity index is 1250. The lowest BCUT2D eigenvalue weighted by molar-refractivity contribution is -0.143. The van der Waals surface area contributed by atoms with E-state index in [0.717, 1.165) is 17.8 Å². The molecule has 14 heteroatoms. The second kappa shape index (κ2) is 10.8. The van der Waals surface area contributed by atoms with Gasteiger partial charge in [0.25, 0.3) is 5.91 Å². The number of nitrogens with two attached hydrogens (primary N) is 1. The van der Waals surface area contributed by atoms with Gasteiger partial charge in [0.15, 0.2) is 11.5 Å². The van der Waals surface area contributed by atoms with Gasteiger partial charge in [0.2, 0.25) is 0 Å². The molecule has 0 unspecified atom stereocenters. The largest absolute Gasteiger partial charge is 0.436 e. The molecule has 202 valence electrons. The van der Waals surface area contributed by atoms with Gasteiger partial charge in [-0.2, -0.15) is 23.5 Å². The Balaban J connectivity index is 1.34. The third-order valence-corrected chi connectivity index (χ3v) is 6.80. The van der Waals surface area contributed by atoms with Crippen molar-refractivity contribution in [3.05, 3.63) is 59.7 Å². The third-order valence-electron chi connectivity index (χ3n) is 6.80. The molecular formula is C24H27F4N9O. The lowest BCUT2D eigenvalue weighted by Crippen LogP contribution is -2.66. The summed E-state index contributed by atoms with van der Waals surface area (Å²) in [5.74, 6) is -2.15. The number of carbonyl (C=O) groups excluding carboxylic acids is 1. The fourth-order valence-electron chi connectivity index (χ4n) is 4.84. The van der Waals surface area contributed by atoms with Crippen molar-refractivity contribution in [1.29, 1.82) is 5.26 Å². The Morgan fingerprint density at radius 3 is 2.71 bits per heavy atom. The summed E-state index contributed by atoms with van der Waals surface area (Å²) >= 11 is 0. The number of hydrogen-bond donors (Lipinski definition) is 2. The van der Waals surface area contributed by atoms with E-state index in [1.165, 1.54) is 11.2 Å². The normalized spacial score (nSPS) is 18.2. The van der Waals surface area contributed by atoms with Crippen LogP contribution in [0.15, 0.2) is 42.0 Å². The summed E-state index contributed by atoms with van der Waals surface area (Å²) in [6, 6.07) is 3.33. The molecule has 0 spiro atoms. The number of nitrogens with zero attached hydrogens (tertiary/aromatic N) is 7. The van der Waals surface area contributed by atoms with Crippen LogP contribution >= 0.6 is 0 Å². The fourth-order valence-corrected chi connectivity index (χ4v) is 4.84. The fraction of sp³-hybridized carbons (Fsp3) is 0.458. The van der Waals surface area contributed by atoms with Gasteiger partial charge in [0.05, 0.1) is 43.0 Å². The quantitative estimate of drug-likeness (QED) is 0.303. The first kappa shape index (κ1) is 27.1. The molecule has 0 aromatic carbocycles. The van der Waals surface area contributed by atoms with Gasteiger partial charge >= 0.3 is 6.18 Å². The molecule has 0 radical (unpaired) electrons. The van der Waals surface area contributed by atoms with Crippen molar-refractivity contribution in [3.8, 4) is 6.07 Å². The maximum atomic E-state index is 14.4. The number of carbonyl (C=O) groups is 1. The zero-order valence-corrected chi connectivity index (χ0v) is 20.5. The van der Waals surface area contributed by atoms with E-state index in [4.69, 9.17) is 5.73 Å². The molecule has 0 saturated carbocycles. The van der Waals surface area contributed by atoms with E-state index < -0.39 is 34.7 Å². The van der Waals surface area contributed by atoms with Crippen molar-refractivity contribution in [3.63, 3.8) is 0 Å². The average molecular weight is 534 g/mol. The molecule has 2 aliphatic heterocycles. The second-order valence-electron chi connectivity index (χ2n) is 9.44. The van der Waals surface area contributed by atoms with Crippen LogP contribution in [0.5, 0.6) is 0 Å². The van der Waals surface area contributed by atoms with Crippen molar-refractivity contribution in [2.45, 2.75) is 43.6 Å². The summed E-state index contributed by atoms with van der Waals surface area (Å²) in [4.78, 5) is 23.6. The molecule has 10 nitrogen and oxygen atoms in total. The summed E-state index contributed by atoms with van der Waals surface area (Å²) < 4.78 is 55.1. The number of aliphatic imine (C=N–C) groups is 1. The average Bonchev–Trinajstić information content (AvgIpc) is 3.32. The van der Waals surface area contributed by atoms with Gasteiger partial charge in [-0.1, -0.05) is 6.58 Å². The first-order chi connectivity index (χ1) is 18.0. The van der Waals surface area contributed by atoms with Gasteiger partial charge in [-0.25, -0.2) is 9.37 Å². The van der Waals surface area contributed by atoms with Crippen LogP contribution in [0.3, 0.4) is 0 Å². The molecule has 3 N–H and O–H groups in total. The Morgan fingerprint density at radius 2 is 2.08 bits per heavy atom. The van der Waals surface area contributed by atoms with Crippen molar-refractivity contribution >= 4 is 12.2 Å². The number of piperidine rings is 1. The number of nitrogens with one attached hydrogen (secondary N) is 1. The maximum Gasteiger partial charge on any atom is 0.436 e. The monoisotopic (exact) mass is 533 g/mol. The van der Waals surface area contributed by atoms with Crippen LogP contribution in [0, 0.1) is 17.1 Å². The number of rotatable bonds is 8. The standard InChI is InChI=1S/C24H27F4N9O/c1-16(30)33-15-31-10-17-11-34-37(12-17)23(5-6-29)13-36(14-23)18-3-8-35(9-4-18)22(38)19-2-7-32-21(20(19)25)24(26,27)28/h2,7,11-12,15,18H,1,3-5,8-10,13-14,30H2,(H,31,33). The lowest BCUT2D eigenvalue weighted by Gasteiger charge is -2.53. The van der Waals surface area contributed by atoms with E-state index in [2.05, 4.69) is 37.9 Å². The van der Waals surface area contributed by atoms with Crippen molar-refractivity contribution in [2.75, 3.05) is 26.2 Å². The van der Waals surface area contributed by atoms with Crippen LogP contribution in [0.1, 0.15) is 40.9 Å². The van der Waals surface area contributed by atoms with Crippen LogP contribution in [0.4, 0.5) is 17.6 Å². The van der Waals surface area contributed by atoms with Crippen LogP contribution < -0.4 is 11.1 Å². The zero-order valence-electron chi connectivity index (χ0n) is 20.5. The molecule has 2 aromatic rings. The minimum absolute atomic E-state index is 0.119. The highest BCUT2D eigenvalue weighted by atomic mass is 19.4. The van der Waals surface area contributed by atoms with Crippen LogP contribution in [-0.2, 0) is 18.3 Å². The van der Waals surface area contributed by atoms with Gasteiger partial charge in [-0.15, -0.1) is 0 Å². The van der Waals surface area contributed by atoms with Gasteiger partial charge in [-0.05, 0) is 18.9 Å². The minimum Gasteiger partial charge on any atom is -0.386 e. The number of pyridine rings is 1. The van der Waals surface area contributed by atoms with Crippen LogP contribution in [-0.4, -0.2) is 69.0 Å². The molecule has 2 aliphatic rings. The molecule has 0 bridgehead atoms. The first-order valence-corrected chi connectivity index (χ1v) is 11.9. The smallest absolute Gasteiger partial charge is 0.386 e. The molecule has 0 aliphatic carbocycles. The second-order valence-corrected chi connectivity index (χ2v) is 9.44. The SMILES string of the molecule is C=C(N)NC=NCc1cnn(C2(CC#N)CN(C3CCN(C(=O)c4ccnc(C(F)(F)F)c4F)CC3)C2)c1. The van der Waals surface area contributed by atoms with Crippen LogP contribution in [0.25, 0.3) is 0 Å². The summed E-state index contributed by atoms with van der Waals surface area (Å²) in [6.07, 6.45) is 2.24. The van der Waals surface area contributed by atoms with Crippen molar-refractivity contribution in [1.82, 2.24) is 29.9 Å². The first-order valence-electron chi connectivity index (χ1n) is 11.9. The number of hydrogen-bond acceptors (Lipinski definition) is 7. The Morgan fingerprint density at radius 1 is 1.37 bits per heavy atom. The number of alkyl halides is 3. The van der Waals surface area contributed by atoms with E-state index in [0.29, 0.717) is 32.5 Å². The molecule has 4 heterocycles. The number of amides is 1. The molecule has 2 aromatic heterocycles. The Kier molecular flexibility index (Phi) is 7.68. The highest BCUT2D eigenvalue weighted by Gasteiger charge is 2.48. The van der Waals surface area contributed by atoms with Gasteiger partial charge in [0.1, 0.15) is 5.54 Å². The molecule has 0 atom stereocenters. The van der Waals surface area contributed by atoms with Crippen molar-refractivity contribution < 1.29 is 22.4 Å². The summed E-state index contributed by atoms with van der Waals surface area (Å²) in [6.45, 7) is 5.63. The highest BCUT2D eigenvalue weighted by Crippen LogP contribution is 2.36. The topological polar surface area (TPSA) is 128 Å². The Labute approximate surface area is 216 Å². The molecule has 2 saturated heterocycles. The Hall–Kier alpha value is -3.99. The number of halogens is 4. The van der Waals surface area contributed by atoms with Crippen molar-refractivity contribution in [2.24, 2.45) is 10.7 Å². The van der Waals surface area contributed by atoms with E-state index in [1.807, 2.05) is 6.20 Å². The zero-order chi connectivity index (χ0) is 27.5. The summed E-state index contributed by atoms with van der Waals surface area (Å²) in [5, 5.41) is 16.6. The molecule has 2 fully saturated rings.